The van der Waals surface area contributed by atoms with Crippen LogP contribution in [-0.2, 0) is 13.0 Å². The van der Waals surface area contributed by atoms with Gasteiger partial charge in [-0.05, 0) is 54.8 Å². The molecule has 0 fully saturated rings. The van der Waals surface area contributed by atoms with E-state index in [1.807, 2.05) is 73.8 Å². The molecule has 0 saturated carbocycles. The van der Waals surface area contributed by atoms with Gasteiger partial charge in [0.05, 0.1) is 0 Å². The summed E-state index contributed by atoms with van der Waals surface area (Å²) in [6.45, 7) is 30.1. The molecule has 0 unspecified atom stereocenters. The summed E-state index contributed by atoms with van der Waals surface area (Å²) in [5.74, 6) is 0. The quantitative estimate of drug-likeness (QED) is 0.326. The van der Waals surface area contributed by atoms with E-state index in [0.717, 1.165) is 30.7 Å². The molecule has 4 nitrogen and oxygen atoms in total. The topological polar surface area (TPSA) is 53.3 Å². The lowest BCUT2D eigenvalue weighted by Crippen LogP contribution is -2.21. The Morgan fingerprint density at radius 2 is 1.48 bits per heavy atom. The summed E-state index contributed by atoms with van der Waals surface area (Å²) in [6, 6.07) is 6.58. The summed E-state index contributed by atoms with van der Waals surface area (Å²) in [4.78, 5) is 1.97. The van der Waals surface area contributed by atoms with Gasteiger partial charge in [0, 0.05) is 38.2 Å². The van der Waals surface area contributed by atoms with Crippen LogP contribution in [0.1, 0.15) is 78.5 Å². The lowest BCUT2D eigenvalue weighted by molar-refractivity contribution is 0.495. The lowest BCUT2D eigenvalue weighted by atomic mass is 9.97. The molecular weight excluding hydrogens is 404 g/mol. The van der Waals surface area contributed by atoms with Crippen molar-refractivity contribution in [2.75, 3.05) is 27.7 Å². The van der Waals surface area contributed by atoms with Gasteiger partial charge in [0.1, 0.15) is 0 Å². The third kappa shape index (κ3) is 18.8. The fourth-order valence-electron chi connectivity index (χ4n) is 2.47. The fourth-order valence-corrected chi connectivity index (χ4v) is 2.47. The van der Waals surface area contributed by atoms with Crippen LogP contribution in [0.5, 0.6) is 0 Å². The minimum absolute atomic E-state index is 0.690. The molecule has 0 bridgehead atoms. The molecule has 1 rings (SSSR count). The zero-order chi connectivity index (χ0) is 26.8. The third-order valence-electron chi connectivity index (χ3n) is 4.12. The second-order valence-electron chi connectivity index (χ2n) is 6.49. The highest BCUT2D eigenvalue weighted by Gasteiger charge is 2.06. The van der Waals surface area contributed by atoms with Gasteiger partial charge in [-0.3, -0.25) is 0 Å². The minimum Gasteiger partial charge on any atom is -0.403 e. The summed E-state index contributed by atoms with van der Waals surface area (Å²) in [7, 11) is 5.70. The average Bonchev–Trinajstić information content (AvgIpc) is 2.86. The summed E-state index contributed by atoms with van der Waals surface area (Å²) < 4.78 is 0. The van der Waals surface area contributed by atoms with Crippen molar-refractivity contribution < 1.29 is 0 Å². The first kappa shape index (κ1) is 37.8. The predicted octanol–water partition coefficient (Wildman–Crippen LogP) is 7.11. The number of likely N-dealkylation sites (N-methyl/N-ethyl adjacent to an activating group) is 1. The van der Waals surface area contributed by atoms with Gasteiger partial charge in [-0.1, -0.05) is 93.3 Å². The summed E-state index contributed by atoms with van der Waals surface area (Å²) >= 11 is 0. The van der Waals surface area contributed by atoms with E-state index in [4.69, 9.17) is 5.73 Å². The molecule has 0 aromatic heterocycles. The number of rotatable bonds is 10. The Bertz CT molecular complexity index is 645. The van der Waals surface area contributed by atoms with Crippen molar-refractivity contribution in [1.29, 1.82) is 0 Å². The highest BCUT2D eigenvalue weighted by molar-refractivity contribution is 5.64. The molecule has 1 aromatic carbocycles. The van der Waals surface area contributed by atoms with E-state index in [2.05, 4.69) is 62.4 Å². The summed E-state index contributed by atoms with van der Waals surface area (Å²) in [5.41, 5.74) is 12.2. The highest BCUT2D eigenvalue weighted by atomic mass is 15.1. The molecule has 0 aliphatic carbocycles. The number of hydrogen-bond acceptors (Lipinski definition) is 4. The van der Waals surface area contributed by atoms with Crippen molar-refractivity contribution in [3.8, 4) is 0 Å². The molecule has 0 saturated heterocycles. The maximum atomic E-state index is 5.40. The Morgan fingerprint density at radius 3 is 1.91 bits per heavy atom. The van der Waals surface area contributed by atoms with Gasteiger partial charge in [-0.25, -0.2) is 0 Å². The van der Waals surface area contributed by atoms with Crippen LogP contribution in [0.3, 0.4) is 0 Å². The van der Waals surface area contributed by atoms with E-state index in [0.29, 0.717) is 6.54 Å². The van der Waals surface area contributed by atoms with Crippen molar-refractivity contribution in [2.45, 2.75) is 74.8 Å². The van der Waals surface area contributed by atoms with Crippen molar-refractivity contribution in [2.24, 2.45) is 5.73 Å². The van der Waals surface area contributed by atoms with Crippen LogP contribution in [0.25, 0.3) is 5.57 Å². The van der Waals surface area contributed by atoms with Crippen LogP contribution in [0, 0.1) is 0 Å². The predicted molar refractivity (Wildman–Crippen MR) is 155 cm³/mol. The number of nitrogens with one attached hydrogen (secondary N) is 2. The molecule has 0 aliphatic rings. The number of nitrogens with two attached hydrogens (primary N) is 1. The van der Waals surface area contributed by atoms with E-state index >= 15 is 0 Å². The van der Waals surface area contributed by atoms with Gasteiger partial charge >= 0.3 is 0 Å². The number of nitrogens with zero attached hydrogens (tertiary/aromatic N) is 1. The largest absolute Gasteiger partial charge is 0.403 e. The van der Waals surface area contributed by atoms with Crippen LogP contribution >= 0.6 is 0 Å². The van der Waals surface area contributed by atoms with E-state index in [-0.39, 0.29) is 0 Å². The second kappa shape index (κ2) is 27.6. The maximum absolute atomic E-state index is 5.40. The molecule has 0 heterocycles. The summed E-state index contributed by atoms with van der Waals surface area (Å²) in [6.07, 6.45) is 5.30. The molecule has 0 aliphatic heterocycles. The third-order valence-corrected chi connectivity index (χ3v) is 4.12. The standard InChI is InChI=1S/C21H31N3.C2H7N.3C2H6/c1-7-16(3)20-9-10-21(19(8-2)13-20)14-23-18(5)17(4)15-24(6)12-11-22;1-3-2;3*1-2/h9-13,23H,3-5,7-8,14-15,22H2,1-2,6H3;3H,1-2H3;3*1-2H3/b12-11+;;;;. The van der Waals surface area contributed by atoms with E-state index in [9.17, 15) is 0 Å². The molecule has 33 heavy (non-hydrogen) atoms. The molecule has 0 spiro atoms. The smallest absolute Gasteiger partial charge is 0.0435 e. The maximum Gasteiger partial charge on any atom is 0.0435 e. The van der Waals surface area contributed by atoms with Crippen molar-refractivity contribution in [3.63, 3.8) is 0 Å². The molecule has 1 aromatic rings. The van der Waals surface area contributed by atoms with Crippen LogP contribution in [0.15, 0.2) is 61.6 Å². The minimum atomic E-state index is 0.690. The molecule has 0 radical (unpaired) electrons. The first-order valence-electron chi connectivity index (χ1n) is 12.4. The van der Waals surface area contributed by atoms with Crippen LogP contribution in [0.2, 0.25) is 0 Å². The zero-order valence-electron chi connectivity index (χ0n) is 23.9. The van der Waals surface area contributed by atoms with Crippen LogP contribution in [0.4, 0.5) is 0 Å². The molecular formula is C29H56N4. The van der Waals surface area contributed by atoms with Gasteiger partial charge in [0.2, 0.25) is 0 Å². The first-order valence-corrected chi connectivity index (χ1v) is 12.4. The Morgan fingerprint density at radius 1 is 0.970 bits per heavy atom. The SMILES string of the molecule is C=C(CN(C)/C=C/N)C(=C)NCc1ccc(C(=C)CC)cc1CC.CC.CC.CC.CNC. The van der Waals surface area contributed by atoms with E-state index in [1.54, 1.807) is 0 Å². The number of benzene rings is 1. The fraction of sp³-hybridized carbons (Fsp3) is 0.517. The molecule has 0 atom stereocenters. The van der Waals surface area contributed by atoms with Gasteiger partial charge in [-0.15, -0.1) is 0 Å². The van der Waals surface area contributed by atoms with Crippen molar-refractivity contribution in [1.82, 2.24) is 15.5 Å². The number of allylic oxidation sites excluding steroid dienone is 1. The first-order chi connectivity index (χ1) is 15.8. The lowest BCUT2D eigenvalue weighted by Gasteiger charge is -2.19. The Kier molecular flexibility index (Phi) is 31.6. The van der Waals surface area contributed by atoms with Crippen molar-refractivity contribution >= 4 is 5.57 Å². The number of hydrogen-bond donors (Lipinski definition) is 3. The number of aryl methyl sites for hydroxylation is 1. The average molecular weight is 461 g/mol. The highest BCUT2D eigenvalue weighted by Crippen LogP contribution is 2.21. The van der Waals surface area contributed by atoms with Crippen molar-refractivity contribution in [3.05, 3.63) is 78.3 Å². The molecule has 0 amide bonds. The van der Waals surface area contributed by atoms with Gasteiger partial charge in [-0.2, -0.15) is 0 Å². The normalized spacial score (nSPS) is 8.82. The second-order valence-corrected chi connectivity index (χ2v) is 6.49. The molecule has 192 valence electrons. The Balaban J connectivity index is -0.000000410. The van der Waals surface area contributed by atoms with Crippen LogP contribution in [-0.4, -0.2) is 32.6 Å². The van der Waals surface area contributed by atoms with Gasteiger partial charge in [0.15, 0.2) is 0 Å². The monoisotopic (exact) mass is 460 g/mol. The van der Waals surface area contributed by atoms with Gasteiger partial charge in [0.25, 0.3) is 0 Å². The molecule has 4 heteroatoms. The van der Waals surface area contributed by atoms with Crippen LogP contribution < -0.4 is 16.4 Å². The zero-order valence-corrected chi connectivity index (χ0v) is 23.9. The Labute approximate surface area is 207 Å². The summed E-state index contributed by atoms with van der Waals surface area (Å²) in [5, 5.41) is 6.14. The van der Waals surface area contributed by atoms with E-state index in [1.165, 1.54) is 28.5 Å². The Hall–Kier alpha value is -2.46. The van der Waals surface area contributed by atoms with E-state index < -0.39 is 0 Å². The van der Waals surface area contributed by atoms with Gasteiger partial charge < -0.3 is 21.3 Å². The molecule has 4 N–H and O–H groups in total.